The molecule has 1 aliphatic rings. The van der Waals surface area contributed by atoms with Gasteiger partial charge in [0, 0.05) is 32.2 Å². The van der Waals surface area contributed by atoms with Gasteiger partial charge in [-0.2, -0.15) is 20.1 Å². The van der Waals surface area contributed by atoms with E-state index < -0.39 is 0 Å². The van der Waals surface area contributed by atoms with E-state index in [-0.39, 0.29) is 5.91 Å². The van der Waals surface area contributed by atoms with Crippen LogP contribution in [0.1, 0.15) is 25.0 Å². The summed E-state index contributed by atoms with van der Waals surface area (Å²) in [5.74, 6) is 1.28. The van der Waals surface area contributed by atoms with Crippen molar-refractivity contribution in [2.45, 2.75) is 20.4 Å². The van der Waals surface area contributed by atoms with Crippen LogP contribution in [-0.2, 0) is 16.1 Å². The molecule has 176 valence electrons. The Labute approximate surface area is 198 Å². The number of hydrogen-bond donors (Lipinski definition) is 3. The first-order chi connectivity index (χ1) is 16.6. The molecule has 1 fully saturated rings. The van der Waals surface area contributed by atoms with E-state index in [1.165, 1.54) is 6.92 Å². The van der Waals surface area contributed by atoms with E-state index in [0.717, 1.165) is 22.5 Å². The number of hydrogen-bond acceptors (Lipinski definition) is 9. The molecule has 1 saturated heterocycles. The fraction of sp³-hybridized carbons (Fsp3) is 0.292. The van der Waals surface area contributed by atoms with Crippen LogP contribution in [0.15, 0.2) is 59.7 Å². The zero-order chi connectivity index (χ0) is 23.8. The molecule has 0 radical (unpaired) electrons. The molecule has 0 unspecified atom stereocenters. The largest absolute Gasteiger partial charge is 0.378 e. The predicted molar refractivity (Wildman–Crippen MR) is 133 cm³/mol. The molecule has 10 nitrogen and oxygen atoms in total. The Morgan fingerprint density at radius 1 is 0.971 bits per heavy atom. The molecule has 0 saturated carbocycles. The van der Waals surface area contributed by atoms with Gasteiger partial charge in [0.2, 0.25) is 23.8 Å². The lowest BCUT2D eigenvalue weighted by Crippen LogP contribution is -2.37. The van der Waals surface area contributed by atoms with Crippen LogP contribution in [0.4, 0.5) is 23.5 Å². The first kappa shape index (κ1) is 23.1. The second-order valence-corrected chi connectivity index (χ2v) is 7.79. The maximum Gasteiger partial charge on any atom is 0.250 e. The number of aromatic nitrogens is 3. The van der Waals surface area contributed by atoms with Crippen molar-refractivity contribution >= 4 is 35.2 Å². The quantitative estimate of drug-likeness (QED) is 0.347. The molecule has 10 heteroatoms. The normalized spacial score (nSPS) is 13.9. The molecule has 0 bridgehead atoms. The number of morpholine rings is 1. The first-order valence-electron chi connectivity index (χ1n) is 11.1. The van der Waals surface area contributed by atoms with Gasteiger partial charge in [-0.15, -0.1) is 0 Å². The number of hydrazone groups is 1. The minimum absolute atomic E-state index is 0.109. The van der Waals surface area contributed by atoms with Crippen molar-refractivity contribution in [1.82, 2.24) is 15.0 Å². The molecule has 0 spiro atoms. The number of amides is 1. The zero-order valence-corrected chi connectivity index (χ0v) is 19.3. The molecule has 3 N–H and O–H groups in total. The number of anilines is 4. The third-order valence-electron chi connectivity index (χ3n) is 5.16. The Morgan fingerprint density at radius 3 is 2.38 bits per heavy atom. The second kappa shape index (κ2) is 11.2. The first-order valence-corrected chi connectivity index (χ1v) is 11.1. The molecule has 0 atom stereocenters. The van der Waals surface area contributed by atoms with E-state index >= 15 is 0 Å². The maximum atomic E-state index is 11.2. The Balaban J connectivity index is 1.51. The summed E-state index contributed by atoms with van der Waals surface area (Å²) in [7, 11) is 0. The van der Waals surface area contributed by atoms with Crippen LogP contribution in [0.3, 0.4) is 0 Å². The molecular formula is C24H28N8O2. The number of rotatable bonds is 8. The fourth-order valence-corrected chi connectivity index (χ4v) is 3.37. The Hall–Kier alpha value is -4.05. The van der Waals surface area contributed by atoms with Gasteiger partial charge in [0.15, 0.2) is 0 Å². The second-order valence-electron chi connectivity index (χ2n) is 7.79. The van der Waals surface area contributed by atoms with Crippen molar-refractivity contribution in [1.29, 1.82) is 0 Å². The standard InChI is InChI=1S/C24H28N8O2/c1-17(20-8-10-21(11-9-20)26-18(2)33)30-31-23-27-22(25-16-19-6-4-3-5-7-19)28-24(29-23)32-12-14-34-15-13-32/h3-11H,12-16H2,1-2H3,(H,26,33)(H2,25,27,28,29,31)/b30-17+. The average molecular weight is 461 g/mol. The molecular weight excluding hydrogens is 432 g/mol. The van der Waals surface area contributed by atoms with Gasteiger partial charge in [-0.25, -0.2) is 5.43 Å². The van der Waals surface area contributed by atoms with E-state index in [4.69, 9.17) is 4.74 Å². The molecule has 4 rings (SSSR count). The minimum atomic E-state index is -0.109. The van der Waals surface area contributed by atoms with Crippen molar-refractivity contribution in [3.8, 4) is 0 Å². The number of nitrogens with one attached hydrogen (secondary N) is 3. The van der Waals surface area contributed by atoms with Crippen molar-refractivity contribution in [2.75, 3.05) is 47.3 Å². The summed E-state index contributed by atoms with van der Waals surface area (Å²) >= 11 is 0. The van der Waals surface area contributed by atoms with Gasteiger partial charge in [0.1, 0.15) is 0 Å². The van der Waals surface area contributed by atoms with Crippen molar-refractivity contribution in [2.24, 2.45) is 5.10 Å². The molecule has 1 aromatic heterocycles. The summed E-state index contributed by atoms with van der Waals surface area (Å²) in [6, 6.07) is 17.5. The molecule has 34 heavy (non-hydrogen) atoms. The van der Waals surface area contributed by atoms with Gasteiger partial charge >= 0.3 is 0 Å². The highest BCUT2D eigenvalue weighted by atomic mass is 16.5. The van der Waals surface area contributed by atoms with E-state index in [0.29, 0.717) is 50.7 Å². The predicted octanol–water partition coefficient (Wildman–Crippen LogP) is 3.11. The van der Waals surface area contributed by atoms with Crippen molar-refractivity contribution < 1.29 is 9.53 Å². The minimum Gasteiger partial charge on any atom is -0.378 e. The topological polar surface area (TPSA) is 117 Å². The number of benzene rings is 2. The summed E-state index contributed by atoms with van der Waals surface area (Å²) in [5, 5.41) is 10.5. The Bertz CT molecular complexity index is 1130. The van der Waals surface area contributed by atoms with Crippen LogP contribution in [0.5, 0.6) is 0 Å². The lowest BCUT2D eigenvalue weighted by Gasteiger charge is -2.27. The molecule has 3 aromatic rings. The van der Waals surface area contributed by atoms with Gasteiger partial charge in [0.25, 0.3) is 0 Å². The highest BCUT2D eigenvalue weighted by Crippen LogP contribution is 2.16. The lowest BCUT2D eigenvalue weighted by molar-refractivity contribution is -0.114. The summed E-state index contributed by atoms with van der Waals surface area (Å²) < 4.78 is 5.46. The average Bonchev–Trinajstić information content (AvgIpc) is 2.87. The summed E-state index contributed by atoms with van der Waals surface area (Å²) in [5.41, 5.74) is 6.49. The fourth-order valence-electron chi connectivity index (χ4n) is 3.37. The summed E-state index contributed by atoms with van der Waals surface area (Å²) in [6.45, 7) is 6.65. The van der Waals surface area contributed by atoms with Crippen molar-refractivity contribution in [3.05, 3.63) is 65.7 Å². The summed E-state index contributed by atoms with van der Waals surface area (Å²) in [4.78, 5) is 26.9. The Kier molecular flexibility index (Phi) is 7.61. The smallest absolute Gasteiger partial charge is 0.250 e. The van der Waals surface area contributed by atoms with E-state index in [1.54, 1.807) is 0 Å². The zero-order valence-electron chi connectivity index (χ0n) is 19.3. The number of carbonyl (C=O) groups excluding carboxylic acids is 1. The van der Waals surface area contributed by atoms with Gasteiger partial charge in [-0.05, 0) is 30.2 Å². The van der Waals surface area contributed by atoms with Crippen molar-refractivity contribution in [3.63, 3.8) is 0 Å². The van der Waals surface area contributed by atoms with Crippen LogP contribution in [-0.4, -0.2) is 52.9 Å². The highest BCUT2D eigenvalue weighted by molar-refractivity contribution is 5.99. The number of nitrogens with zero attached hydrogens (tertiary/aromatic N) is 5. The number of ether oxygens (including phenoxy) is 1. The van der Waals surface area contributed by atoms with E-state index in [9.17, 15) is 4.79 Å². The molecule has 2 aromatic carbocycles. The third-order valence-corrected chi connectivity index (χ3v) is 5.16. The maximum absolute atomic E-state index is 11.2. The number of carbonyl (C=O) groups is 1. The van der Waals surface area contributed by atoms with E-state index in [1.807, 2.05) is 61.5 Å². The van der Waals surface area contributed by atoms with Gasteiger partial charge < -0.3 is 20.3 Å². The summed E-state index contributed by atoms with van der Waals surface area (Å²) in [6.07, 6.45) is 0. The lowest BCUT2D eigenvalue weighted by atomic mass is 10.1. The van der Waals surface area contributed by atoms with Gasteiger partial charge in [-0.3, -0.25) is 4.79 Å². The highest BCUT2D eigenvalue weighted by Gasteiger charge is 2.16. The van der Waals surface area contributed by atoms with Crippen LogP contribution < -0.4 is 21.0 Å². The van der Waals surface area contributed by atoms with Gasteiger partial charge in [-0.1, -0.05) is 42.5 Å². The van der Waals surface area contributed by atoms with Crippen LogP contribution in [0.2, 0.25) is 0 Å². The van der Waals surface area contributed by atoms with E-state index in [2.05, 4.69) is 41.0 Å². The molecule has 1 amide bonds. The monoisotopic (exact) mass is 460 g/mol. The van der Waals surface area contributed by atoms with Crippen LogP contribution in [0.25, 0.3) is 0 Å². The molecule has 0 aliphatic carbocycles. The van der Waals surface area contributed by atoms with Crippen LogP contribution in [0, 0.1) is 0 Å². The molecule has 2 heterocycles. The van der Waals surface area contributed by atoms with Gasteiger partial charge in [0.05, 0.1) is 18.9 Å². The molecule has 1 aliphatic heterocycles. The SMILES string of the molecule is CC(=O)Nc1ccc(/C(C)=N/Nc2nc(NCc3ccccc3)nc(N3CCOCC3)n2)cc1. The van der Waals surface area contributed by atoms with Crippen LogP contribution >= 0.6 is 0 Å². The Morgan fingerprint density at radius 2 is 1.68 bits per heavy atom. The third kappa shape index (κ3) is 6.48.